The maximum absolute atomic E-state index is 13.9. The Kier molecular flexibility index (Phi) is 7.74. The van der Waals surface area contributed by atoms with Crippen molar-refractivity contribution >= 4 is 6.29 Å². The van der Waals surface area contributed by atoms with Gasteiger partial charge in [0.25, 0.3) is 0 Å². The van der Waals surface area contributed by atoms with Gasteiger partial charge < -0.3 is 9.36 Å². The van der Waals surface area contributed by atoms with Crippen molar-refractivity contribution in [3.8, 4) is 22.4 Å². The van der Waals surface area contributed by atoms with Crippen LogP contribution in [0, 0.1) is 11.7 Å². The van der Waals surface area contributed by atoms with Crippen LogP contribution in [0.25, 0.3) is 22.4 Å². The van der Waals surface area contributed by atoms with Gasteiger partial charge in [-0.1, -0.05) is 67.6 Å². The van der Waals surface area contributed by atoms with E-state index in [1.165, 1.54) is 23.4 Å². The van der Waals surface area contributed by atoms with Crippen molar-refractivity contribution in [2.45, 2.75) is 45.1 Å². The molecule has 3 aromatic rings. The van der Waals surface area contributed by atoms with Crippen molar-refractivity contribution in [3.05, 3.63) is 109 Å². The Hall–Kier alpha value is -3.46. The number of benzene rings is 2. The maximum Gasteiger partial charge on any atom is 0.127 e. The van der Waals surface area contributed by atoms with E-state index >= 15 is 0 Å². The zero-order valence-electron chi connectivity index (χ0n) is 19.8. The molecule has 4 rings (SSSR count). The number of rotatable bonds is 10. The van der Waals surface area contributed by atoms with Gasteiger partial charge in [-0.3, -0.25) is 0 Å². The van der Waals surface area contributed by atoms with E-state index in [0.717, 1.165) is 60.9 Å². The van der Waals surface area contributed by atoms with Crippen molar-refractivity contribution in [2.75, 3.05) is 0 Å². The van der Waals surface area contributed by atoms with Crippen molar-refractivity contribution in [2.24, 2.45) is 5.92 Å². The monoisotopic (exact) mass is 453 g/mol. The molecule has 0 radical (unpaired) electrons. The Morgan fingerprint density at radius 2 is 1.71 bits per heavy atom. The van der Waals surface area contributed by atoms with Gasteiger partial charge in [-0.25, -0.2) is 4.39 Å². The van der Waals surface area contributed by atoms with Gasteiger partial charge in [0.2, 0.25) is 0 Å². The first kappa shape index (κ1) is 23.7. The predicted molar refractivity (Wildman–Crippen MR) is 139 cm³/mol. The number of hydrogen-bond acceptors (Lipinski definition) is 1. The van der Waals surface area contributed by atoms with Crippen LogP contribution in [0.5, 0.6) is 0 Å². The summed E-state index contributed by atoms with van der Waals surface area (Å²) in [6.45, 7) is 6.90. The second-order valence-electron chi connectivity index (χ2n) is 8.76. The first-order chi connectivity index (χ1) is 16.7. The summed E-state index contributed by atoms with van der Waals surface area (Å²) < 4.78 is 16.3. The van der Waals surface area contributed by atoms with Gasteiger partial charge in [0.15, 0.2) is 0 Å². The third-order valence-electron chi connectivity index (χ3n) is 6.64. The van der Waals surface area contributed by atoms with Crippen LogP contribution >= 0.6 is 0 Å². The van der Waals surface area contributed by atoms with Crippen LogP contribution in [-0.4, -0.2) is 10.9 Å². The molecule has 0 saturated heterocycles. The molecule has 0 aliphatic heterocycles. The van der Waals surface area contributed by atoms with E-state index in [9.17, 15) is 9.18 Å². The number of halogens is 1. The fraction of sp³-hybridized carbons (Fsp3) is 0.258. The molecular weight excluding hydrogens is 421 g/mol. The van der Waals surface area contributed by atoms with Crippen molar-refractivity contribution in [3.63, 3.8) is 0 Å². The molecule has 0 spiro atoms. The van der Waals surface area contributed by atoms with Gasteiger partial charge in [0.1, 0.15) is 12.1 Å². The minimum atomic E-state index is -0.244. The fourth-order valence-corrected chi connectivity index (χ4v) is 5.08. The lowest BCUT2D eigenvalue weighted by molar-refractivity contribution is -0.110. The van der Waals surface area contributed by atoms with Gasteiger partial charge in [0, 0.05) is 29.6 Å². The Bertz CT molecular complexity index is 1180. The Morgan fingerprint density at radius 3 is 2.38 bits per heavy atom. The molecule has 0 fully saturated rings. The summed E-state index contributed by atoms with van der Waals surface area (Å²) in [4.78, 5) is 12.1. The number of hydrogen-bond donors (Lipinski definition) is 0. The molecule has 174 valence electrons. The van der Waals surface area contributed by atoms with E-state index in [0.29, 0.717) is 0 Å². The molecule has 1 aliphatic rings. The maximum atomic E-state index is 13.9. The Labute approximate surface area is 202 Å². The summed E-state index contributed by atoms with van der Waals surface area (Å²) in [6.07, 6.45) is 15.1. The second-order valence-corrected chi connectivity index (χ2v) is 8.76. The summed E-state index contributed by atoms with van der Waals surface area (Å²) in [5, 5.41) is 0. The minimum Gasteiger partial charge on any atom is -0.344 e. The number of allylic oxidation sites excluding steroid dienone is 5. The van der Waals surface area contributed by atoms with E-state index < -0.39 is 0 Å². The molecule has 2 atom stereocenters. The van der Waals surface area contributed by atoms with Crippen LogP contribution in [0.15, 0.2) is 91.6 Å². The first-order valence-corrected chi connectivity index (χ1v) is 12.2. The summed E-state index contributed by atoms with van der Waals surface area (Å²) >= 11 is 0. The van der Waals surface area contributed by atoms with Crippen molar-refractivity contribution in [1.82, 2.24) is 4.57 Å². The van der Waals surface area contributed by atoms with Crippen LogP contribution in [0.1, 0.15) is 43.4 Å². The molecular formula is C31H32FNO. The smallest absolute Gasteiger partial charge is 0.127 e. The van der Waals surface area contributed by atoms with Crippen LogP contribution in [-0.2, 0) is 17.8 Å². The quantitative estimate of drug-likeness (QED) is 0.174. The van der Waals surface area contributed by atoms with Crippen molar-refractivity contribution < 1.29 is 9.18 Å². The highest BCUT2D eigenvalue weighted by molar-refractivity contribution is 5.87. The SMILES string of the molecule is C=CCCCCn1c(CC)c(C2C=CC=CC2C=O)c(-c2ccccc2)c1-c1ccc(F)cc1. The number of carbonyl (C=O) groups is 1. The van der Waals surface area contributed by atoms with Crippen LogP contribution in [0.3, 0.4) is 0 Å². The topological polar surface area (TPSA) is 22.0 Å². The summed E-state index contributed by atoms with van der Waals surface area (Å²) in [5.74, 6) is -0.497. The lowest BCUT2D eigenvalue weighted by Crippen LogP contribution is -2.15. The number of aromatic nitrogens is 1. The molecule has 1 aromatic heterocycles. The highest BCUT2D eigenvalue weighted by Gasteiger charge is 2.31. The van der Waals surface area contributed by atoms with Gasteiger partial charge >= 0.3 is 0 Å². The number of carbonyl (C=O) groups excluding carboxylic acids is 1. The summed E-state index contributed by atoms with van der Waals surface area (Å²) in [5.41, 5.74) is 6.80. The molecule has 2 nitrogen and oxygen atoms in total. The Morgan fingerprint density at radius 1 is 0.971 bits per heavy atom. The average Bonchev–Trinajstić information content (AvgIpc) is 3.21. The third kappa shape index (κ3) is 4.75. The molecule has 1 aliphatic carbocycles. The van der Waals surface area contributed by atoms with E-state index in [4.69, 9.17) is 0 Å². The van der Waals surface area contributed by atoms with Crippen LogP contribution < -0.4 is 0 Å². The van der Waals surface area contributed by atoms with E-state index in [2.05, 4.69) is 48.4 Å². The zero-order chi connectivity index (χ0) is 23.9. The molecule has 3 heteroatoms. The van der Waals surface area contributed by atoms with Gasteiger partial charge in [-0.2, -0.15) is 0 Å². The Balaban J connectivity index is 2.02. The number of unbranched alkanes of at least 4 members (excludes halogenated alkanes) is 2. The molecule has 0 N–H and O–H groups in total. The fourth-order valence-electron chi connectivity index (χ4n) is 5.08. The van der Waals surface area contributed by atoms with Gasteiger partial charge in [-0.05, 0) is 66.6 Å². The van der Waals surface area contributed by atoms with E-state index in [1.54, 1.807) is 0 Å². The molecule has 0 saturated carbocycles. The largest absolute Gasteiger partial charge is 0.344 e. The third-order valence-corrected chi connectivity index (χ3v) is 6.64. The molecule has 2 aromatic carbocycles. The second kappa shape index (κ2) is 11.1. The molecule has 0 bridgehead atoms. The summed E-state index contributed by atoms with van der Waals surface area (Å²) in [7, 11) is 0. The van der Waals surface area contributed by atoms with E-state index in [-0.39, 0.29) is 17.7 Å². The van der Waals surface area contributed by atoms with Gasteiger partial charge in [-0.15, -0.1) is 6.58 Å². The molecule has 1 heterocycles. The summed E-state index contributed by atoms with van der Waals surface area (Å²) in [6, 6.07) is 17.2. The normalized spacial score (nSPS) is 17.1. The lowest BCUT2D eigenvalue weighted by Gasteiger charge is -2.22. The van der Waals surface area contributed by atoms with Gasteiger partial charge in [0.05, 0.1) is 5.69 Å². The minimum absolute atomic E-state index is 0.0405. The number of nitrogens with zero attached hydrogens (tertiary/aromatic N) is 1. The predicted octanol–water partition coefficient (Wildman–Crippen LogP) is 7.90. The molecule has 2 unspecified atom stereocenters. The first-order valence-electron chi connectivity index (χ1n) is 12.2. The van der Waals surface area contributed by atoms with Crippen LogP contribution in [0.2, 0.25) is 0 Å². The molecule has 0 amide bonds. The highest BCUT2D eigenvalue weighted by Crippen LogP contribution is 2.46. The average molecular weight is 454 g/mol. The van der Waals surface area contributed by atoms with E-state index in [1.807, 2.05) is 42.5 Å². The highest BCUT2D eigenvalue weighted by atomic mass is 19.1. The zero-order valence-corrected chi connectivity index (χ0v) is 19.8. The molecule has 34 heavy (non-hydrogen) atoms. The number of aldehydes is 1. The van der Waals surface area contributed by atoms with Crippen molar-refractivity contribution in [1.29, 1.82) is 0 Å². The van der Waals surface area contributed by atoms with Crippen LogP contribution in [0.4, 0.5) is 4.39 Å². The standard InChI is InChI=1S/C31H32FNO/c1-3-5-6-12-21-33-28(4-2)30(27-16-11-10-15-25(27)22-34)29(23-13-8-7-9-14-23)31(33)24-17-19-26(32)20-18-24/h3,7-11,13-20,22,25,27H,1,4-6,12,21H2,2H3. The lowest BCUT2D eigenvalue weighted by atomic mass is 9.80.